The number of nitrogens with zero attached hydrogens (tertiary/aromatic N) is 4. The zero-order chi connectivity index (χ0) is 14.3. The molecule has 0 aliphatic carbocycles. The molecule has 1 aromatic carbocycles. The lowest BCUT2D eigenvalue weighted by Gasteiger charge is -2.08. The Morgan fingerprint density at radius 1 is 1.30 bits per heavy atom. The van der Waals surface area contributed by atoms with Crippen molar-refractivity contribution in [1.29, 1.82) is 0 Å². The summed E-state index contributed by atoms with van der Waals surface area (Å²) >= 11 is 0. The van der Waals surface area contributed by atoms with Gasteiger partial charge in [0, 0.05) is 11.6 Å². The van der Waals surface area contributed by atoms with Crippen LogP contribution in [-0.2, 0) is 6.54 Å². The van der Waals surface area contributed by atoms with Crippen LogP contribution in [0.2, 0.25) is 0 Å². The number of nitrogens with two attached hydrogens (primary N) is 1. The number of benzene rings is 1. The average molecular weight is 271 g/mol. The normalized spacial score (nSPS) is 11.6. The highest BCUT2D eigenvalue weighted by atomic mass is 16.5. The molecule has 0 spiro atoms. The molecule has 3 aromatic rings. The van der Waals surface area contributed by atoms with Gasteiger partial charge in [0.2, 0.25) is 5.89 Å². The molecule has 0 saturated carbocycles. The standard InChI is InChI=1S/C14H17N5O/c1-8(2)14-17-11-6-10(15)4-5-12(11)19(14)7-13-16-9(3)18-20-13/h4-6,8H,7,15H2,1-3H3. The van der Waals surface area contributed by atoms with Crippen LogP contribution < -0.4 is 5.73 Å². The number of imidazole rings is 1. The van der Waals surface area contributed by atoms with Crippen molar-refractivity contribution >= 4 is 16.7 Å². The number of aryl methyl sites for hydroxylation is 1. The Bertz CT molecular complexity index is 756. The van der Waals surface area contributed by atoms with Crippen LogP contribution in [0.5, 0.6) is 0 Å². The summed E-state index contributed by atoms with van der Waals surface area (Å²) in [6.45, 7) is 6.55. The number of rotatable bonds is 3. The third-order valence-electron chi connectivity index (χ3n) is 3.18. The molecule has 0 aliphatic heterocycles. The number of nitrogen functional groups attached to an aromatic ring is 1. The van der Waals surface area contributed by atoms with Gasteiger partial charge in [-0.2, -0.15) is 4.98 Å². The van der Waals surface area contributed by atoms with Crippen molar-refractivity contribution in [3.8, 4) is 0 Å². The van der Waals surface area contributed by atoms with E-state index < -0.39 is 0 Å². The van der Waals surface area contributed by atoms with Gasteiger partial charge in [0.05, 0.1) is 11.0 Å². The first kappa shape index (κ1) is 12.7. The highest BCUT2D eigenvalue weighted by Crippen LogP contribution is 2.24. The van der Waals surface area contributed by atoms with E-state index in [1.165, 1.54) is 0 Å². The van der Waals surface area contributed by atoms with E-state index in [0.717, 1.165) is 16.9 Å². The maximum absolute atomic E-state index is 5.83. The third-order valence-corrected chi connectivity index (χ3v) is 3.18. The molecule has 2 aromatic heterocycles. The minimum absolute atomic E-state index is 0.299. The van der Waals surface area contributed by atoms with E-state index >= 15 is 0 Å². The van der Waals surface area contributed by atoms with Gasteiger partial charge in [-0.1, -0.05) is 19.0 Å². The van der Waals surface area contributed by atoms with Crippen molar-refractivity contribution in [2.75, 3.05) is 5.73 Å². The van der Waals surface area contributed by atoms with Gasteiger partial charge in [-0.15, -0.1) is 0 Å². The van der Waals surface area contributed by atoms with E-state index in [1.807, 2.05) is 25.1 Å². The summed E-state index contributed by atoms with van der Waals surface area (Å²) in [5.41, 5.74) is 8.46. The molecule has 0 bridgehead atoms. The lowest BCUT2D eigenvalue weighted by molar-refractivity contribution is 0.367. The summed E-state index contributed by atoms with van der Waals surface area (Å²) in [6, 6.07) is 5.74. The van der Waals surface area contributed by atoms with Gasteiger partial charge in [0.25, 0.3) is 0 Å². The molecule has 6 nitrogen and oxygen atoms in total. The zero-order valence-electron chi connectivity index (χ0n) is 11.8. The van der Waals surface area contributed by atoms with Crippen LogP contribution in [0, 0.1) is 6.92 Å². The fourth-order valence-electron chi connectivity index (χ4n) is 2.31. The largest absolute Gasteiger partial charge is 0.399 e. The van der Waals surface area contributed by atoms with Gasteiger partial charge in [-0.3, -0.25) is 0 Å². The minimum atomic E-state index is 0.299. The molecular weight excluding hydrogens is 254 g/mol. The van der Waals surface area contributed by atoms with E-state index in [9.17, 15) is 0 Å². The lowest BCUT2D eigenvalue weighted by Crippen LogP contribution is -2.07. The lowest BCUT2D eigenvalue weighted by atomic mass is 10.2. The first-order valence-electron chi connectivity index (χ1n) is 6.59. The maximum atomic E-state index is 5.83. The van der Waals surface area contributed by atoms with Gasteiger partial charge >= 0.3 is 0 Å². The maximum Gasteiger partial charge on any atom is 0.246 e. The molecule has 0 amide bonds. The van der Waals surface area contributed by atoms with Crippen LogP contribution in [-0.4, -0.2) is 19.7 Å². The average Bonchev–Trinajstić information content (AvgIpc) is 2.94. The smallest absolute Gasteiger partial charge is 0.246 e. The fourth-order valence-corrected chi connectivity index (χ4v) is 2.31. The van der Waals surface area contributed by atoms with E-state index in [4.69, 9.17) is 10.3 Å². The highest BCUT2D eigenvalue weighted by molar-refractivity contribution is 5.79. The predicted octanol–water partition coefficient (Wildman–Crippen LogP) is 2.48. The number of anilines is 1. The summed E-state index contributed by atoms with van der Waals surface area (Å²) in [5, 5.41) is 3.83. The SMILES string of the molecule is Cc1noc(Cn2c(C(C)C)nc3cc(N)ccc32)n1. The second-order valence-electron chi connectivity index (χ2n) is 5.19. The molecule has 0 radical (unpaired) electrons. The first-order valence-corrected chi connectivity index (χ1v) is 6.59. The van der Waals surface area contributed by atoms with Crippen molar-refractivity contribution in [3.05, 3.63) is 35.7 Å². The Balaban J connectivity index is 2.13. The second-order valence-corrected chi connectivity index (χ2v) is 5.19. The topological polar surface area (TPSA) is 82.8 Å². The molecule has 0 saturated heterocycles. The molecule has 0 fully saturated rings. The quantitative estimate of drug-likeness (QED) is 0.740. The number of fused-ring (bicyclic) bond motifs is 1. The van der Waals surface area contributed by atoms with Crippen LogP contribution in [0.15, 0.2) is 22.7 Å². The van der Waals surface area contributed by atoms with Gasteiger partial charge in [-0.25, -0.2) is 4.98 Å². The summed E-state index contributed by atoms with van der Waals surface area (Å²) < 4.78 is 7.31. The molecule has 104 valence electrons. The van der Waals surface area contributed by atoms with Crippen LogP contribution in [0.3, 0.4) is 0 Å². The molecule has 3 rings (SSSR count). The molecular formula is C14H17N5O. The van der Waals surface area contributed by atoms with E-state index in [-0.39, 0.29) is 0 Å². The van der Waals surface area contributed by atoms with Crippen molar-refractivity contribution in [2.45, 2.75) is 33.2 Å². The monoisotopic (exact) mass is 271 g/mol. The Labute approximate surface area is 116 Å². The Kier molecular flexibility index (Phi) is 2.93. The molecule has 0 aliphatic rings. The van der Waals surface area contributed by atoms with E-state index in [1.54, 1.807) is 0 Å². The molecule has 0 unspecified atom stereocenters. The molecule has 0 atom stereocenters. The van der Waals surface area contributed by atoms with E-state index in [2.05, 4.69) is 33.5 Å². The van der Waals surface area contributed by atoms with Crippen molar-refractivity contribution in [2.24, 2.45) is 0 Å². The van der Waals surface area contributed by atoms with E-state index in [0.29, 0.717) is 29.9 Å². The van der Waals surface area contributed by atoms with Crippen molar-refractivity contribution < 1.29 is 4.52 Å². The molecule has 2 heterocycles. The fraction of sp³-hybridized carbons (Fsp3) is 0.357. The first-order chi connectivity index (χ1) is 9.54. The summed E-state index contributed by atoms with van der Waals surface area (Å²) in [4.78, 5) is 8.93. The van der Waals surface area contributed by atoms with Crippen molar-refractivity contribution in [1.82, 2.24) is 19.7 Å². The minimum Gasteiger partial charge on any atom is -0.399 e. The van der Waals surface area contributed by atoms with Crippen LogP contribution in [0.1, 0.15) is 37.3 Å². The predicted molar refractivity (Wildman–Crippen MR) is 76.4 cm³/mol. The number of hydrogen-bond acceptors (Lipinski definition) is 5. The molecule has 2 N–H and O–H groups in total. The number of aromatic nitrogens is 4. The Morgan fingerprint density at radius 3 is 2.75 bits per heavy atom. The Morgan fingerprint density at radius 2 is 2.10 bits per heavy atom. The second kappa shape index (κ2) is 4.63. The molecule has 20 heavy (non-hydrogen) atoms. The van der Waals surface area contributed by atoms with Crippen LogP contribution in [0.25, 0.3) is 11.0 Å². The van der Waals surface area contributed by atoms with Gasteiger partial charge in [0.1, 0.15) is 12.4 Å². The third kappa shape index (κ3) is 2.13. The van der Waals surface area contributed by atoms with Gasteiger partial charge in [-0.05, 0) is 25.1 Å². The van der Waals surface area contributed by atoms with Crippen molar-refractivity contribution in [3.63, 3.8) is 0 Å². The zero-order valence-corrected chi connectivity index (χ0v) is 11.8. The van der Waals surface area contributed by atoms with Gasteiger partial charge < -0.3 is 14.8 Å². The van der Waals surface area contributed by atoms with Crippen LogP contribution >= 0.6 is 0 Å². The summed E-state index contributed by atoms with van der Waals surface area (Å²) in [6.07, 6.45) is 0. The summed E-state index contributed by atoms with van der Waals surface area (Å²) in [7, 11) is 0. The Hall–Kier alpha value is -2.37. The summed E-state index contributed by atoms with van der Waals surface area (Å²) in [5.74, 6) is 2.51. The van der Waals surface area contributed by atoms with Gasteiger partial charge in [0.15, 0.2) is 5.82 Å². The molecule has 6 heteroatoms. The highest BCUT2D eigenvalue weighted by Gasteiger charge is 2.16. The number of hydrogen-bond donors (Lipinski definition) is 1. The van der Waals surface area contributed by atoms with Crippen LogP contribution in [0.4, 0.5) is 5.69 Å².